The van der Waals surface area contributed by atoms with Crippen LogP contribution in [0, 0.1) is 0 Å². The molecule has 1 nitrogen and oxygen atoms in total. The van der Waals surface area contributed by atoms with Crippen LogP contribution < -0.4 is 0 Å². The molecule has 84 valence electrons. The first-order valence-corrected chi connectivity index (χ1v) is 6.68. The van der Waals surface area contributed by atoms with Gasteiger partial charge in [-0.05, 0) is 25.5 Å². The summed E-state index contributed by atoms with van der Waals surface area (Å²) in [7, 11) is 0. The number of ketones is 1. The Morgan fingerprint density at radius 1 is 1.27 bits per heavy atom. The molecule has 0 N–H and O–H groups in total. The molecule has 0 aliphatic rings. The van der Waals surface area contributed by atoms with E-state index in [0.29, 0.717) is 10.6 Å². The van der Waals surface area contributed by atoms with Crippen LogP contribution in [0.1, 0.15) is 13.8 Å². The Balaban J connectivity index is 4.81. The van der Waals surface area contributed by atoms with Gasteiger partial charge >= 0.3 is 0 Å². The number of allylic oxidation sites excluding steroid dienone is 5. The SMILES string of the molecule is C\C(C(=O)C(Br)Br)=C(Cl)/C=C/C(C)=C/Cl. The third-order valence-electron chi connectivity index (χ3n) is 1.59. The molecular weight excluding hydrogens is 367 g/mol. The average molecular weight is 377 g/mol. The summed E-state index contributed by atoms with van der Waals surface area (Å²) in [4.78, 5) is 11.5. The first-order valence-electron chi connectivity index (χ1n) is 4.04. The minimum atomic E-state index is -0.406. The van der Waals surface area contributed by atoms with Crippen molar-refractivity contribution in [3.63, 3.8) is 0 Å². The van der Waals surface area contributed by atoms with Gasteiger partial charge < -0.3 is 0 Å². The Hall–Kier alpha value is 0.430. The average Bonchev–Trinajstić information content (AvgIpc) is 2.22. The number of hydrogen-bond acceptors (Lipinski definition) is 1. The van der Waals surface area contributed by atoms with Crippen LogP contribution in [0.2, 0.25) is 0 Å². The zero-order valence-electron chi connectivity index (χ0n) is 8.23. The zero-order valence-corrected chi connectivity index (χ0v) is 12.9. The van der Waals surface area contributed by atoms with Crippen molar-refractivity contribution in [1.82, 2.24) is 0 Å². The molecule has 0 bridgehead atoms. The highest BCUT2D eigenvalue weighted by molar-refractivity contribution is 9.25. The second kappa shape index (κ2) is 7.66. The molecule has 0 saturated carbocycles. The van der Waals surface area contributed by atoms with E-state index in [0.717, 1.165) is 5.57 Å². The molecule has 5 heteroatoms. The maximum atomic E-state index is 11.5. The van der Waals surface area contributed by atoms with Gasteiger partial charge in [-0.15, -0.1) is 0 Å². The normalized spacial score (nSPS) is 14.7. The molecule has 0 heterocycles. The van der Waals surface area contributed by atoms with Gasteiger partial charge in [-0.1, -0.05) is 61.1 Å². The van der Waals surface area contributed by atoms with Crippen LogP contribution in [-0.4, -0.2) is 9.52 Å². The van der Waals surface area contributed by atoms with E-state index in [-0.39, 0.29) is 5.78 Å². The summed E-state index contributed by atoms with van der Waals surface area (Å²) in [6, 6.07) is 0. The van der Waals surface area contributed by atoms with Crippen LogP contribution >= 0.6 is 55.1 Å². The number of alkyl halides is 2. The third kappa shape index (κ3) is 5.91. The Labute approximate surface area is 116 Å². The number of carbonyl (C=O) groups excluding carboxylic acids is 1. The van der Waals surface area contributed by atoms with Gasteiger partial charge in [-0.25, -0.2) is 0 Å². The van der Waals surface area contributed by atoms with Gasteiger partial charge in [0.25, 0.3) is 0 Å². The van der Waals surface area contributed by atoms with E-state index in [1.807, 2.05) is 6.92 Å². The molecule has 0 spiro atoms. The molecule has 0 radical (unpaired) electrons. The van der Waals surface area contributed by atoms with Crippen molar-refractivity contribution >= 4 is 60.8 Å². The Kier molecular flexibility index (Phi) is 7.88. The van der Waals surface area contributed by atoms with Crippen molar-refractivity contribution in [2.75, 3.05) is 0 Å². The van der Waals surface area contributed by atoms with E-state index in [1.165, 1.54) is 5.54 Å². The van der Waals surface area contributed by atoms with Crippen LogP contribution in [0.25, 0.3) is 0 Å². The lowest BCUT2D eigenvalue weighted by Crippen LogP contribution is -2.08. The van der Waals surface area contributed by atoms with Gasteiger partial charge in [0, 0.05) is 16.1 Å². The van der Waals surface area contributed by atoms with Crippen molar-refractivity contribution < 1.29 is 4.79 Å². The number of hydrogen-bond donors (Lipinski definition) is 0. The van der Waals surface area contributed by atoms with Gasteiger partial charge in [0.1, 0.15) is 3.74 Å². The lowest BCUT2D eigenvalue weighted by Gasteiger charge is -2.02. The number of halogens is 4. The minimum absolute atomic E-state index is 0.0999. The van der Waals surface area contributed by atoms with Gasteiger partial charge in [-0.2, -0.15) is 0 Å². The Morgan fingerprint density at radius 2 is 1.80 bits per heavy atom. The Bertz CT molecular complexity index is 330. The number of Topliss-reactive ketones (excluding diaryl/α,β-unsaturated/α-hetero) is 1. The molecule has 0 saturated heterocycles. The fraction of sp³-hybridized carbons (Fsp3) is 0.300. The molecule has 0 aromatic rings. The fourth-order valence-electron chi connectivity index (χ4n) is 0.647. The topological polar surface area (TPSA) is 17.1 Å². The second-order valence-electron chi connectivity index (χ2n) is 2.82. The molecule has 0 aromatic heterocycles. The molecule has 0 fully saturated rings. The molecular formula is C10H10Br2Cl2O. The van der Waals surface area contributed by atoms with Crippen molar-refractivity contribution in [1.29, 1.82) is 0 Å². The van der Waals surface area contributed by atoms with E-state index < -0.39 is 3.74 Å². The van der Waals surface area contributed by atoms with Gasteiger partial charge in [0.2, 0.25) is 0 Å². The quantitative estimate of drug-likeness (QED) is 0.388. The third-order valence-corrected chi connectivity index (χ3v) is 3.18. The predicted octanol–water partition coefficient (Wildman–Crippen LogP) is 4.88. The smallest absolute Gasteiger partial charge is 0.184 e. The Morgan fingerprint density at radius 3 is 2.20 bits per heavy atom. The van der Waals surface area contributed by atoms with Crippen LogP contribution in [0.3, 0.4) is 0 Å². The maximum Gasteiger partial charge on any atom is 0.184 e. The molecule has 0 atom stereocenters. The van der Waals surface area contributed by atoms with E-state index >= 15 is 0 Å². The summed E-state index contributed by atoms with van der Waals surface area (Å²) in [5, 5.41) is 0.404. The highest BCUT2D eigenvalue weighted by Crippen LogP contribution is 2.20. The van der Waals surface area contributed by atoms with Crippen molar-refractivity contribution in [2.24, 2.45) is 0 Å². The summed E-state index contributed by atoms with van der Waals surface area (Å²) in [5.74, 6) is -0.0999. The van der Waals surface area contributed by atoms with Crippen LogP contribution in [0.5, 0.6) is 0 Å². The summed E-state index contributed by atoms with van der Waals surface area (Å²) in [6.45, 7) is 3.51. The summed E-state index contributed by atoms with van der Waals surface area (Å²) in [5.41, 5.74) is 2.80. The molecule has 0 amide bonds. The summed E-state index contributed by atoms with van der Waals surface area (Å²) in [6.07, 6.45) is 3.38. The first kappa shape index (κ1) is 15.4. The molecule has 0 unspecified atom stereocenters. The monoisotopic (exact) mass is 374 g/mol. The predicted molar refractivity (Wildman–Crippen MR) is 74.0 cm³/mol. The highest BCUT2D eigenvalue weighted by atomic mass is 79.9. The summed E-state index contributed by atoms with van der Waals surface area (Å²) >= 11 is 17.6. The molecule has 0 aliphatic carbocycles. The summed E-state index contributed by atoms with van der Waals surface area (Å²) < 4.78 is -0.406. The standard InChI is InChI=1S/C10H10Br2Cl2O/c1-6(5-13)3-4-8(14)7(2)9(15)10(11)12/h3-5,10H,1-2H3/b4-3+,6-5+,8-7-. The largest absolute Gasteiger partial charge is 0.292 e. The van der Waals surface area contributed by atoms with Crippen LogP contribution in [-0.2, 0) is 4.79 Å². The first-order chi connectivity index (χ1) is 6.90. The zero-order chi connectivity index (χ0) is 12.0. The van der Waals surface area contributed by atoms with Gasteiger partial charge in [0.05, 0.1) is 0 Å². The fourth-order valence-corrected chi connectivity index (χ4v) is 1.56. The van der Waals surface area contributed by atoms with Gasteiger partial charge in [-0.3, -0.25) is 4.79 Å². The van der Waals surface area contributed by atoms with Crippen molar-refractivity contribution in [2.45, 2.75) is 17.6 Å². The maximum absolute atomic E-state index is 11.5. The van der Waals surface area contributed by atoms with E-state index in [9.17, 15) is 4.79 Å². The highest BCUT2D eigenvalue weighted by Gasteiger charge is 2.14. The molecule has 0 aromatic carbocycles. The lowest BCUT2D eigenvalue weighted by atomic mass is 10.2. The van der Waals surface area contributed by atoms with Crippen LogP contribution in [0.4, 0.5) is 0 Å². The van der Waals surface area contributed by atoms with E-state index in [2.05, 4.69) is 31.9 Å². The minimum Gasteiger partial charge on any atom is -0.292 e. The van der Waals surface area contributed by atoms with Crippen molar-refractivity contribution in [3.8, 4) is 0 Å². The lowest BCUT2D eigenvalue weighted by molar-refractivity contribution is -0.113. The van der Waals surface area contributed by atoms with Gasteiger partial charge in [0.15, 0.2) is 5.78 Å². The second-order valence-corrected chi connectivity index (χ2v) is 6.51. The van der Waals surface area contributed by atoms with E-state index in [1.54, 1.807) is 19.1 Å². The molecule has 0 rings (SSSR count). The number of rotatable bonds is 4. The van der Waals surface area contributed by atoms with Crippen LogP contribution in [0.15, 0.2) is 33.9 Å². The molecule has 15 heavy (non-hydrogen) atoms. The van der Waals surface area contributed by atoms with E-state index in [4.69, 9.17) is 23.2 Å². The number of carbonyl (C=O) groups is 1. The molecule has 0 aliphatic heterocycles. The van der Waals surface area contributed by atoms with Crippen molar-refractivity contribution in [3.05, 3.63) is 33.9 Å².